The highest BCUT2D eigenvalue weighted by atomic mass is 32.1. The predicted octanol–water partition coefficient (Wildman–Crippen LogP) is 3.47. The van der Waals surface area contributed by atoms with Crippen molar-refractivity contribution in [3.63, 3.8) is 0 Å². The Morgan fingerprint density at radius 2 is 2.29 bits per heavy atom. The largest absolute Gasteiger partial charge is 0.393 e. The Morgan fingerprint density at radius 1 is 1.50 bits per heavy atom. The number of hydrogen-bond donors (Lipinski definition) is 1. The van der Waals surface area contributed by atoms with Crippen LogP contribution in [0.4, 0.5) is 13.2 Å². The molecule has 10 heteroatoms. The van der Waals surface area contributed by atoms with Crippen molar-refractivity contribution in [3.05, 3.63) is 22.3 Å². The summed E-state index contributed by atoms with van der Waals surface area (Å²) in [7, 11) is 0. The molecule has 24 heavy (non-hydrogen) atoms. The summed E-state index contributed by atoms with van der Waals surface area (Å²) in [5.74, 6) is -1.31. The summed E-state index contributed by atoms with van der Waals surface area (Å²) in [4.78, 5) is 14.6. The number of aromatic nitrogens is 3. The van der Waals surface area contributed by atoms with E-state index in [4.69, 9.17) is 12.2 Å². The zero-order valence-electron chi connectivity index (χ0n) is 12.5. The molecule has 0 radical (unpaired) electrons. The van der Waals surface area contributed by atoms with Gasteiger partial charge in [-0.3, -0.25) is 14.5 Å². The molecule has 1 aliphatic heterocycles. The lowest BCUT2D eigenvalue weighted by Gasteiger charge is -2.33. The number of nitrogens with one attached hydrogen (secondary N) is 1. The maximum Gasteiger partial charge on any atom is 0.393 e. The first-order valence-corrected chi connectivity index (χ1v) is 8.68. The third-order valence-electron chi connectivity index (χ3n) is 4.03. The van der Waals surface area contributed by atoms with Gasteiger partial charge in [-0.2, -0.15) is 18.3 Å². The Balaban J connectivity index is 1.76. The molecule has 3 heterocycles. The second-order valence-corrected chi connectivity index (χ2v) is 6.97. The van der Waals surface area contributed by atoms with Crippen LogP contribution in [0.5, 0.6) is 0 Å². The van der Waals surface area contributed by atoms with Crippen molar-refractivity contribution in [2.24, 2.45) is 5.92 Å². The van der Waals surface area contributed by atoms with Crippen LogP contribution in [0.3, 0.4) is 0 Å². The fraction of sp³-hybridized carbons (Fsp3) is 0.500. The van der Waals surface area contributed by atoms with E-state index in [1.54, 1.807) is 0 Å². The smallest absolute Gasteiger partial charge is 0.341 e. The number of amides is 1. The number of aromatic amines is 1. The maximum absolute atomic E-state index is 12.9. The molecule has 2 aromatic rings. The number of alkyl halides is 3. The van der Waals surface area contributed by atoms with Crippen molar-refractivity contribution < 1.29 is 18.0 Å². The summed E-state index contributed by atoms with van der Waals surface area (Å²) in [6.07, 6.45) is -3.85. The highest BCUT2D eigenvalue weighted by molar-refractivity contribution is 7.71. The van der Waals surface area contributed by atoms with Crippen LogP contribution in [0.15, 0.2) is 17.5 Å². The molecule has 0 saturated carbocycles. The van der Waals surface area contributed by atoms with Crippen LogP contribution < -0.4 is 0 Å². The number of carbonyl (C=O) groups excluding carboxylic acids is 1. The van der Waals surface area contributed by atoms with E-state index < -0.39 is 12.1 Å². The molecule has 0 bridgehead atoms. The van der Waals surface area contributed by atoms with Crippen molar-refractivity contribution in [3.8, 4) is 10.7 Å². The number of nitrogens with zero attached hydrogens (tertiary/aromatic N) is 3. The summed E-state index contributed by atoms with van der Waals surface area (Å²) in [6.45, 7) is -0.0695. The molecule has 130 valence electrons. The number of thiophene rings is 1. The monoisotopic (exact) mass is 376 g/mol. The van der Waals surface area contributed by atoms with Gasteiger partial charge in [0.15, 0.2) is 10.6 Å². The van der Waals surface area contributed by atoms with Gasteiger partial charge >= 0.3 is 6.18 Å². The molecule has 1 aliphatic rings. The molecule has 3 rings (SSSR count). The van der Waals surface area contributed by atoms with Gasteiger partial charge in [-0.05, 0) is 36.5 Å². The van der Waals surface area contributed by atoms with Gasteiger partial charge in [0.1, 0.15) is 6.54 Å². The summed E-state index contributed by atoms with van der Waals surface area (Å²) < 4.78 is 40.5. The number of halogens is 3. The number of hydrogen-bond acceptors (Lipinski definition) is 4. The molecule has 1 fully saturated rings. The molecule has 1 unspecified atom stereocenters. The van der Waals surface area contributed by atoms with Crippen LogP contribution >= 0.6 is 23.6 Å². The SMILES string of the molecule is O=C(Cn1c(-c2cccs2)n[nH]c1=S)N1CCCC(C(F)(F)F)C1. The van der Waals surface area contributed by atoms with Gasteiger partial charge in [0.25, 0.3) is 0 Å². The Morgan fingerprint density at radius 3 is 2.96 bits per heavy atom. The molecule has 1 N–H and O–H groups in total. The average Bonchev–Trinajstić information content (AvgIpc) is 3.17. The van der Waals surface area contributed by atoms with Crippen molar-refractivity contribution in [2.45, 2.75) is 25.6 Å². The first-order chi connectivity index (χ1) is 11.4. The third kappa shape index (κ3) is 3.54. The molecule has 0 aromatic carbocycles. The van der Waals surface area contributed by atoms with E-state index in [1.807, 2.05) is 17.5 Å². The minimum Gasteiger partial charge on any atom is -0.341 e. The summed E-state index contributed by atoms with van der Waals surface area (Å²) in [6, 6.07) is 3.69. The normalized spacial score (nSPS) is 18.8. The second-order valence-electron chi connectivity index (χ2n) is 5.64. The van der Waals surface area contributed by atoms with Gasteiger partial charge in [0, 0.05) is 13.1 Å². The molecule has 0 spiro atoms. The van der Waals surface area contributed by atoms with E-state index >= 15 is 0 Å². The fourth-order valence-electron chi connectivity index (χ4n) is 2.76. The standard InChI is InChI=1S/C14H15F3N4OS2/c15-14(16,17)9-3-1-5-20(7-9)11(22)8-21-12(18-19-13(21)23)10-4-2-6-24-10/h2,4,6,9H,1,3,5,7-8H2,(H,19,23). The highest BCUT2D eigenvalue weighted by Crippen LogP contribution is 2.33. The molecular formula is C14H15F3N4OS2. The van der Waals surface area contributed by atoms with Crippen LogP contribution in [0.25, 0.3) is 10.7 Å². The van der Waals surface area contributed by atoms with Crippen molar-refractivity contribution in [1.29, 1.82) is 0 Å². The zero-order valence-corrected chi connectivity index (χ0v) is 14.2. The van der Waals surface area contributed by atoms with E-state index in [0.717, 1.165) is 4.88 Å². The lowest BCUT2D eigenvalue weighted by atomic mass is 9.97. The van der Waals surface area contributed by atoms with Crippen LogP contribution in [-0.2, 0) is 11.3 Å². The van der Waals surface area contributed by atoms with Gasteiger partial charge in [-0.15, -0.1) is 11.3 Å². The first-order valence-electron chi connectivity index (χ1n) is 7.40. The van der Waals surface area contributed by atoms with Crippen molar-refractivity contribution >= 4 is 29.5 Å². The zero-order chi connectivity index (χ0) is 17.3. The highest BCUT2D eigenvalue weighted by Gasteiger charge is 2.42. The molecular weight excluding hydrogens is 361 g/mol. The van der Waals surface area contributed by atoms with E-state index in [0.29, 0.717) is 18.8 Å². The van der Waals surface area contributed by atoms with Crippen LogP contribution in [0.2, 0.25) is 0 Å². The second kappa shape index (κ2) is 6.67. The Hall–Kier alpha value is -1.68. The average molecular weight is 376 g/mol. The lowest BCUT2D eigenvalue weighted by molar-refractivity contribution is -0.188. The molecule has 1 amide bonds. The minimum absolute atomic E-state index is 0.0683. The Bertz CT molecular complexity index is 766. The van der Waals surface area contributed by atoms with Gasteiger partial charge in [-0.1, -0.05) is 6.07 Å². The van der Waals surface area contributed by atoms with Crippen LogP contribution in [0, 0.1) is 10.7 Å². The van der Waals surface area contributed by atoms with Crippen LogP contribution in [-0.4, -0.2) is 44.8 Å². The Kier molecular flexibility index (Phi) is 4.77. The maximum atomic E-state index is 12.9. The molecule has 5 nitrogen and oxygen atoms in total. The summed E-state index contributed by atoms with van der Waals surface area (Å²) in [5, 5.41) is 8.63. The van der Waals surface area contributed by atoms with Crippen molar-refractivity contribution in [2.75, 3.05) is 13.1 Å². The summed E-state index contributed by atoms with van der Waals surface area (Å²) in [5.41, 5.74) is 0. The predicted molar refractivity (Wildman–Crippen MR) is 86.1 cm³/mol. The molecule has 1 atom stereocenters. The minimum atomic E-state index is -4.27. The fourth-order valence-corrected chi connectivity index (χ4v) is 3.68. The van der Waals surface area contributed by atoms with E-state index in [1.165, 1.54) is 20.8 Å². The topological polar surface area (TPSA) is 53.9 Å². The van der Waals surface area contributed by atoms with E-state index in [-0.39, 0.29) is 30.2 Å². The Labute approximate surface area is 145 Å². The van der Waals surface area contributed by atoms with Gasteiger partial charge in [0.05, 0.1) is 10.8 Å². The number of likely N-dealkylation sites (tertiary alicyclic amines) is 1. The lowest BCUT2D eigenvalue weighted by Crippen LogP contribution is -2.45. The molecule has 2 aromatic heterocycles. The number of piperidine rings is 1. The van der Waals surface area contributed by atoms with Gasteiger partial charge in [0.2, 0.25) is 5.91 Å². The molecule has 1 saturated heterocycles. The molecule has 0 aliphatic carbocycles. The quantitative estimate of drug-likeness (QED) is 0.835. The first kappa shape index (κ1) is 17.2. The van der Waals surface area contributed by atoms with Gasteiger partial charge < -0.3 is 4.90 Å². The third-order valence-corrected chi connectivity index (χ3v) is 5.21. The number of H-pyrrole nitrogens is 1. The number of carbonyl (C=O) groups is 1. The summed E-state index contributed by atoms with van der Waals surface area (Å²) >= 11 is 6.59. The van der Waals surface area contributed by atoms with E-state index in [9.17, 15) is 18.0 Å². The van der Waals surface area contributed by atoms with Crippen LogP contribution in [0.1, 0.15) is 12.8 Å². The van der Waals surface area contributed by atoms with Crippen molar-refractivity contribution in [1.82, 2.24) is 19.7 Å². The number of rotatable bonds is 3. The van der Waals surface area contributed by atoms with E-state index in [2.05, 4.69) is 10.2 Å². The van der Waals surface area contributed by atoms with Gasteiger partial charge in [-0.25, -0.2) is 0 Å².